The highest BCUT2D eigenvalue weighted by atomic mass is 79.9. The number of hydrogen-bond acceptors (Lipinski definition) is 1. The topological polar surface area (TPSA) is 3.24 Å². The Hall–Kier alpha value is -0.600. The Morgan fingerprint density at radius 2 is 1.89 bits per heavy atom. The van der Waals surface area contributed by atoms with Crippen molar-refractivity contribution in [3.8, 4) is 0 Å². The molecular formula is C17H22BrN. The summed E-state index contributed by atoms with van der Waals surface area (Å²) in [7, 11) is 0. The van der Waals surface area contributed by atoms with Crippen LogP contribution in [0.15, 0.2) is 34.3 Å². The molecule has 0 N–H and O–H groups in total. The van der Waals surface area contributed by atoms with Crippen molar-refractivity contribution in [3.05, 3.63) is 39.9 Å². The van der Waals surface area contributed by atoms with Gasteiger partial charge in [-0.15, -0.1) is 0 Å². The van der Waals surface area contributed by atoms with Gasteiger partial charge in [0.25, 0.3) is 0 Å². The lowest BCUT2D eigenvalue weighted by molar-refractivity contribution is 0.275. The summed E-state index contributed by atoms with van der Waals surface area (Å²) < 4.78 is 1.16. The second kappa shape index (κ2) is 6.23. The average Bonchev–Trinajstić information content (AvgIpc) is 3.22. The lowest BCUT2D eigenvalue weighted by Crippen LogP contribution is -2.26. The predicted molar refractivity (Wildman–Crippen MR) is 85.1 cm³/mol. The molecule has 0 amide bonds. The molecule has 2 fully saturated rings. The van der Waals surface area contributed by atoms with Crippen LogP contribution in [0.4, 0.5) is 0 Å². The molecule has 1 heterocycles. The molecule has 19 heavy (non-hydrogen) atoms. The number of likely N-dealkylation sites (tertiary alicyclic amines) is 1. The minimum absolute atomic E-state index is 1.03. The third-order valence-corrected chi connectivity index (χ3v) is 4.70. The molecule has 2 heteroatoms. The van der Waals surface area contributed by atoms with Crippen molar-refractivity contribution in [2.75, 3.05) is 19.6 Å². The first-order valence-corrected chi connectivity index (χ1v) is 8.26. The van der Waals surface area contributed by atoms with Gasteiger partial charge in [0, 0.05) is 17.6 Å². The monoisotopic (exact) mass is 319 g/mol. The molecule has 102 valence electrons. The second-order valence-corrected chi connectivity index (χ2v) is 6.87. The Morgan fingerprint density at radius 1 is 1.11 bits per heavy atom. The molecule has 1 aliphatic heterocycles. The first kappa shape index (κ1) is 13.4. The van der Waals surface area contributed by atoms with Crippen LogP contribution in [0.1, 0.15) is 37.7 Å². The maximum absolute atomic E-state index is 3.49. The van der Waals surface area contributed by atoms with E-state index in [2.05, 4.69) is 51.2 Å². The van der Waals surface area contributed by atoms with Crippen molar-refractivity contribution in [1.29, 1.82) is 0 Å². The second-order valence-electron chi connectivity index (χ2n) is 5.95. The van der Waals surface area contributed by atoms with Crippen LogP contribution in [0, 0.1) is 5.92 Å². The highest BCUT2D eigenvalue weighted by Gasteiger charge is 2.24. The molecule has 0 aromatic heterocycles. The maximum atomic E-state index is 3.49. The molecule has 1 nitrogen and oxygen atoms in total. The van der Waals surface area contributed by atoms with Gasteiger partial charge in [-0.05, 0) is 62.3 Å². The Bertz CT molecular complexity index is 445. The minimum atomic E-state index is 1.03. The molecule has 1 saturated heterocycles. The van der Waals surface area contributed by atoms with Crippen LogP contribution in [0.5, 0.6) is 0 Å². The molecule has 1 aliphatic carbocycles. The van der Waals surface area contributed by atoms with Gasteiger partial charge in [-0.3, -0.25) is 0 Å². The van der Waals surface area contributed by atoms with E-state index < -0.39 is 0 Å². The number of halogens is 1. The van der Waals surface area contributed by atoms with Gasteiger partial charge < -0.3 is 4.90 Å². The van der Waals surface area contributed by atoms with Gasteiger partial charge in [0.05, 0.1) is 0 Å². The number of benzene rings is 1. The average molecular weight is 320 g/mol. The summed E-state index contributed by atoms with van der Waals surface area (Å²) in [6, 6.07) is 8.65. The van der Waals surface area contributed by atoms with Crippen molar-refractivity contribution in [1.82, 2.24) is 4.90 Å². The van der Waals surface area contributed by atoms with Crippen molar-refractivity contribution in [2.24, 2.45) is 5.92 Å². The maximum Gasteiger partial charge on any atom is 0.0175 e. The van der Waals surface area contributed by atoms with E-state index >= 15 is 0 Å². The molecule has 0 unspecified atom stereocenters. The van der Waals surface area contributed by atoms with E-state index in [4.69, 9.17) is 0 Å². The van der Waals surface area contributed by atoms with E-state index in [1.165, 1.54) is 57.3 Å². The standard InChI is InChI=1S/C17H22BrN/c18-17-7-5-15(6-8-17)12-14-2-1-10-19(11-9-14)13-16-3-4-16/h5-8,12,16H,1-4,9-11,13H2. The zero-order valence-corrected chi connectivity index (χ0v) is 13.0. The van der Waals surface area contributed by atoms with Crippen molar-refractivity contribution in [3.63, 3.8) is 0 Å². The molecule has 0 bridgehead atoms. The highest BCUT2D eigenvalue weighted by molar-refractivity contribution is 9.10. The summed E-state index contributed by atoms with van der Waals surface area (Å²) >= 11 is 3.49. The number of hydrogen-bond donors (Lipinski definition) is 0. The highest BCUT2D eigenvalue weighted by Crippen LogP contribution is 2.31. The molecule has 0 spiro atoms. The summed E-state index contributed by atoms with van der Waals surface area (Å²) in [5, 5.41) is 0. The fraction of sp³-hybridized carbons (Fsp3) is 0.529. The predicted octanol–water partition coefficient (Wildman–Crippen LogP) is 4.73. The van der Waals surface area contributed by atoms with Crippen LogP contribution in [-0.4, -0.2) is 24.5 Å². The molecule has 2 aliphatic rings. The van der Waals surface area contributed by atoms with Gasteiger partial charge >= 0.3 is 0 Å². The Labute approximate surface area is 124 Å². The first-order chi connectivity index (χ1) is 9.29. The number of rotatable bonds is 3. The molecule has 1 aromatic rings. The Morgan fingerprint density at radius 3 is 2.63 bits per heavy atom. The normalized spacial score (nSPS) is 23.5. The SMILES string of the molecule is Brc1ccc(C=C2CCCN(CC3CC3)CC2)cc1. The summed E-state index contributed by atoms with van der Waals surface area (Å²) in [5.41, 5.74) is 2.97. The summed E-state index contributed by atoms with van der Waals surface area (Å²) in [4.78, 5) is 2.68. The van der Waals surface area contributed by atoms with Gasteiger partial charge in [0.2, 0.25) is 0 Å². The van der Waals surface area contributed by atoms with E-state index in [0.29, 0.717) is 0 Å². The van der Waals surface area contributed by atoms with Gasteiger partial charge in [-0.1, -0.05) is 39.7 Å². The van der Waals surface area contributed by atoms with Crippen molar-refractivity contribution < 1.29 is 0 Å². The zero-order valence-electron chi connectivity index (χ0n) is 11.4. The fourth-order valence-corrected chi connectivity index (χ4v) is 3.12. The summed E-state index contributed by atoms with van der Waals surface area (Å²) in [6.07, 6.45) is 9.19. The van der Waals surface area contributed by atoms with Crippen molar-refractivity contribution >= 4 is 22.0 Å². The summed E-state index contributed by atoms with van der Waals surface area (Å²) in [6.45, 7) is 3.92. The van der Waals surface area contributed by atoms with Crippen LogP contribution in [0.25, 0.3) is 6.08 Å². The third kappa shape index (κ3) is 4.19. The van der Waals surface area contributed by atoms with Gasteiger partial charge in [0.1, 0.15) is 0 Å². The lowest BCUT2D eigenvalue weighted by atomic mass is 10.0. The van der Waals surface area contributed by atoms with Gasteiger partial charge in [-0.25, -0.2) is 0 Å². The smallest absolute Gasteiger partial charge is 0.0175 e. The van der Waals surface area contributed by atoms with Crippen LogP contribution < -0.4 is 0 Å². The largest absolute Gasteiger partial charge is 0.303 e. The van der Waals surface area contributed by atoms with E-state index in [0.717, 1.165) is 10.4 Å². The van der Waals surface area contributed by atoms with Crippen LogP contribution >= 0.6 is 15.9 Å². The molecule has 0 atom stereocenters. The third-order valence-electron chi connectivity index (χ3n) is 4.18. The molecular weight excluding hydrogens is 298 g/mol. The lowest BCUT2D eigenvalue weighted by Gasteiger charge is -2.18. The van der Waals surface area contributed by atoms with Crippen LogP contribution in [0.2, 0.25) is 0 Å². The van der Waals surface area contributed by atoms with E-state index in [1.807, 2.05) is 0 Å². The summed E-state index contributed by atoms with van der Waals surface area (Å²) in [5.74, 6) is 1.03. The molecule has 3 rings (SSSR count). The molecule has 1 aromatic carbocycles. The molecule has 0 radical (unpaired) electrons. The van der Waals surface area contributed by atoms with Crippen LogP contribution in [-0.2, 0) is 0 Å². The number of nitrogens with zero attached hydrogens (tertiary/aromatic N) is 1. The molecule has 1 saturated carbocycles. The van der Waals surface area contributed by atoms with Crippen LogP contribution in [0.3, 0.4) is 0 Å². The van der Waals surface area contributed by atoms with E-state index in [-0.39, 0.29) is 0 Å². The van der Waals surface area contributed by atoms with E-state index in [9.17, 15) is 0 Å². The Kier molecular flexibility index (Phi) is 4.39. The first-order valence-electron chi connectivity index (χ1n) is 7.47. The Balaban J connectivity index is 1.60. The fourth-order valence-electron chi connectivity index (χ4n) is 2.86. The van der Waals surface area contributed by atoms with E-state index in [1.54, 1.807) is 5.57 Å². The van der Waals surface area contributed by atoms with Gasteiger partial charge in [-0.2, -0.15) is 0 Å². The minimum Gasteiger partial charge on any atom is -0.303 e. The zero-order chi connectivity index (χ0) is 13.1. The van der Waals surface area contributed by atoms with Gasteiger partial charge in [0.15, 0.2) is 0 Å². The quantitative estimate of drug-likeness (QED) is 0.778. The van der Waals surface area contributed by atoms with Crippen molar-refractivity contribution in [2.45, 2.75) is 32.1 Å².